The van der Waals surface area contributed by atoms with Gasteiger partial charge >= 0.3 is 17.9 Å². The number of carbonyl (C=O) groups is 3. The van der Waals surface area contributed by atoms with Crippen molar-refractivity contribution in [3.63, 3.8) is 0 Å². The molecule has 0 aliphatic carbocycles. The van der Waals surface area contributed by atoms with Crippen molar-refractivity contribution in [1.82, 2.24) is 0 Å². The van der Waals surface area contributed by atoms with E-state index in [1.807, 2.05) is 0 Å². The van der Waals surface area contributed by atoms with Crippen molar-refractivity contribution in [2.24, 2.45) is 0 Å². The Bertz CT molecular complexity index is 1140. The summed E-state index contributed by atoms with van der Waals surface area (Å²) in [5, 5.41) is 0. The van der Waals surface area contributed by atoms with Crippen molar-refractivity contribution in [2.45, 2.75) is 419 Å². The van der Waals surface area contributed by atoms with Crippen LogP contribution in [0.15, 0.2) is 0 Å². The fourth-order valence-electron chi connectivity index (χ4n) is 11.1. The average Bonchev–Trinajstić information content (AvgIpc) is 3.42. The summed E-state index contributed by atoms with van der Waals surface area (Å²) in [6.07, 6.45) is 77.3. The van der Waals surface area contributed by atoms with Gasteiger partial charge in [-0.1, -0.05) is 374 Å². The van der Waals surface area contributed by atoms with Crippen LogP contribution < -0.4 is 0 Å². The summed E-state index contributed by atoms with van der Waals surface area (Å²) in [5.74, 6) is -0.828. The molecule has 0 rings (SSSR count). The van der Waals surface area contributed by atoms with E-state index in [-0.39, 0.29) is 31.1 Å². The number of carbonyl (C=O) groups excluding carboxylic acids is 3. The first-order valence-corrected chi connectivity index (χ1v) is 35.0. The van der Waals surface area contributed by atoms with Gasteiger partial charge in [-0.15, -0.1) is 0 Å². The van der Waals surface area contributed by atoms with E-state index in [0.717, 1.165) is 57.8 Å². The Kier molecular flexibility index (Phi) is 64.5. The molecule has 0 aromatic carbocycles. The van der Waals surface area contributed by atoms with Crippen molar-refractivity contribution in [2.75, 3.05) is 13.2 Å². The second kappa shape index (κ2) is 65.9. The SMILES string of the molecule is CCCCCCCCCCCCCCCCCCCCCCCCCCCCCCCC(=O)OCC(COC(=O)CCCCCCCCCCC)OC(=O)CCCCCCCCCCCCCCCCCCCCCC. The van der Waals surface area contributed by atoms with Gasteiger partial charge in [-0.05, 0) is 19.3 Å². The Labute approximate surface area is 476 Å². The van der Waals surface area contributed by atoms with Gasteiger partial charge in [0.25, 0.3) is 0 Å². The minimum atomic E-state index is -0.762. The lowest BCUT2D eigenvalue weighted by molar-refractivity contribution is -0.167. The molecular weight excluding hydrogens is 937 g/mol. The predicted molar refractivity (Wildman–Crippen MR) is 330 cm³/mol. The van der Waals surface area contributed by atoms with Gasteiger partial charge in [-0.25, -0.2) is 0 Å². The van der Waals surface area contributed by atoms with Crippen LogP contribution in [-0.4, -0.2) is 37.2 Å². The van der Waals surface area contributed by atoms with Crippen LogP contribution in [0, 0.1) is 0 Å². The van der Waals surface area contributed by atoms with Crippen LogP contribution in [0.1, 0.15) is 412 Å². The molecular formula is C70H136O6. The molecule has 452 valence electrons. The van der Waals surface area contributed by atoms with E-state index in [9.17, 15) is 14.4 Å². The van der Waals surface area contributed by atoms with Crippen molar-refractivity contribution in [3.05, 3.63) is 0 Å². The fraction of sp³-hybridized carbons (Fsp3) is 0.957. The quantitative estimate of drug-likeness (QED) is 0.0343. The molecule has 0 heterocycles. The average molecular weight is 1070 g/mol. The summed E-state index contributed by atoms with van der Waals surface area (Å²) in [5.41, 5.74) is 0. The summed E-state index contributed by atoms with van der Waals surface area (Å²) in [4.78, 5) is 38.2. The first-order chi connectivity index (χ1) is 37.5. The number of hydrogen-bond acceptors (Lipinski definition) is 6. The third-order valence-corrected chi connectivity index (χ3v) is 16.4. The minimum absolute atomic E-state index is 0.0608. The lowest BCUT2D eigenvalue weighted by Crippen LogP contribution is -2.30. The molecule has 0 saturated heterocycles. The molecule has 0 aliphatic heterocycles. The van der Waals surface area contributed by atoms with Gasteiger partial charge in [0.15, 0.2) is 6.10 Å². The highest BCUT2D eigenvalue weighted by Gasteiger charge is 2.19. The predicted octanol–water partition coefficient (Wildman–Crippen LogP) is 23.8. The Morgan fingerprint density at radius 3 is 0.526 bits per heavy atom. The molecule has 0 amide bonds. The number of ether oxygens (including phenoxy) is 3. The molecule has 6 heteroatoms. The maximum atomic E-state index is 12.9. The van der Waals surface area contributed by atoms with Gasteiger partial charge in [0.2, 0.25) is 0 Å². The summed E-state index contributed by atoms with van der Waals surface area (Å²) in [7, 11) is 0. The van der Waals surface area contributed by atoms with E-state index >= 15 is 0 Å². The molecule has 0 radical (unpaired) electrons. The molecule has 0 bridgehead atoms. The standard InChI is InChI=1S/C70H136O6/c1-4-7-10-13-16-19-21-23-25-27-29-31-32-33-34-35-36-37-38-39-41-42-44-46-48-51-54-57-60-63-69(72)75-66-67(65-74-68(71)62-59-56-53-50-18-15-12-9-6-3)76-70(73)64-61-58-55-52-49-47-45-43-40-30-28-26-24-22-20-17-14-11-8-5-2/h67H,4-66H2,1-3H3. The van der Waals surface area contributed by atoms with Crippen LogP contribution in [-0.2, 0) is 28.6 Å². The second-order valence-corrected chi connectivity index (χ2v) is 24.2. The van der Waals surface area contributed by atoms with E-state index in [1.54, 1.807) is 0 Å². The van der Waals surface area contributed by atoms with E-state index in [0.29, 0.717) is 19.3 Å². The number of hydrogen-bond donors (Lipinski definition) is 0. The van der Waals surface area contributed by atoms with E-state index < -0.39 is 6.10 Å². The molecule has 1 unspecified atom stereocenters. The first kappa shape index (κ1) is 74.4. The summed E-state index contributed by atoms with van der Waals surface area (Å²) in [6.45, 7) is 6.71. The molecule has 0 aromatic rings. The summed E-state index contributed by atoms with van der Waals surface area (Å²) >= 11 is 0. The molecule has 0 fully saturated rings. The van der Waals surface area contributed by atoms with Crippen molar-refractivity contribution in [1.29, 1.82) is 0 Å². The van der Waals surface area contributed by atoms with Gasteiger partial charge in [0, 0.05) is 19.3 Å². The summed E-state index contributed by atoms with van der Waals surface area (Å²) in [6, 6.07) is 0. The van der Waals surface area contributed by atoms with Crippen LogP contribution in [0.25, 0.3) is 0 Å². The smallest absolute Gasteiger partial charge is 0.306 e. The Morgan fingerprint density at radius 2 is 0.355 bits per heavy atom. The lowest BCUT2D eigenvalue weighted by Gasteiger charge is -2.18. The second-order valence-electron chi connectivity index (χ2n) is 24.2. The fourth-order valence-corrected chi connectivity index (χ4v) is 11.1. The molecule has 0 saturated carbocycles. The molecule has 6 nitrogen and oxygen atoms in total. The van der Waals surface area contributed by atoms with Gasteiger partial charge in [0.1, 0.15) is 13.2 Å². The van der Waals surface area contributed by atoms with E-state index in [4.69, 9.17) is 14.2 Å². The third-order valence-electron chi connectivity index (χ3n) is 16.4. The minimum Gasteiger partial charge on any atom is -0.462 e. The van der Waals surface area contributed by atoms with Crippen molar-refractivity contribution < 1.29 is 28.6 Å². The van der Waals surface area contributed by atoms with Crippen LogP contribution in [0.5, 0.6) is 0 Å². The molecule has 0 spiro atoms. The van der Waals surface area contributed by atoms with Gasteiger partial charge < -0.3 is 14.2 Å². The van der Waals surface area contributed by atoms with Crippen LogP contribution in [0.3, 0.4) is 0 Å². The Morgan fingerprint density at radius 1 is 0.211 bits per heavy atom. The zero-order chi connectivity index (χ0) is 55.0. The monoisotopic (exact) mass is 1070 g/mol. The molecule has 0 N–H and O–H groups in total. The highest BCUT2D eigenvalue weighted by atomic mass is 16.6. The molecule has 1 atom stereocenters. The number of unbranched alkanes of at least 4 members (excludes halogenated alkanes) is 55. The normalized spacial score (nSPS) is 11.9. The molecule has 0 aliphatic rings. The van der Waals surface area contributed by atoms with Gasteiger partial charge in [0.05, 0.1) is 0 Å². The molecule has 0 aromatic heterocycles. The Balaban J connectivity index is 4.04. The topological polar surface area (TPSA) is 78.9 Å². The summed E-state index contributed by atoms with van der Waals surface area (Å²) < 4.78 is 16.9. The van der Waals surface area contributed by atoms with Gasteiger partial charge in [-0.3, -0.25) is 14.4 Å². The zero-order valence-corrected chi connectivity index (χ0v) is 52.1. The maximum Gasteiger partial charge on any atom is 0.306 e. The van der Waals surface area contributed by atoms with Crippen molar-refractivity contribution in [3.8, 4) is 0 Å². The largest absolute Gasteiger partial charge is 0.462 e. The van der Waals surface area contributed by atoms with Gasteiger partial charge in [-0.2, -0.15) is 0 Å². The van der Waals surface area contributed by atoms with Crippen LogP contribution in [0.2, 0.25) is 0 Å². The first-order valence-electron chi connectivity index (χ1n) is 35.0. The third kappa shape index (κ3) is 63.2. The van der Waals surface area contributed by atoms with E-state index in [1.165, 1.54) is 315 Å². The van der Waals surface area contributed by atoms with Crippen LogP contribution in [0.4, 0.5) is 0 Å². The number of esters is 3. The van der Waals surface area contributed by atoms with E-state index in [2.05, 4.69) is 20.8 Å². The maximum absolute atomic E-state index is 12.9. The highest BCUT2D eigenvalue weighted by molar-refractivity contribution is 5.71. The molecule has 76 heavy (non-hydrogen) atoms. The Hall–Kier alpha value is -1.59. The number of rotatable bonds is 66. The van der Waals surface area contributed by atoms with Crippen LogP contribution >= 0.6 is 0 Å². The lowest BCUT2D eigenvalue weighted by atomic mass is 10.0. The zero-order valence-electron chi connectivity index (χ0n) is 52.1. The van der Waals surface area contributed by atoms with Crippen molar-refractivity contribution >= 4 is 17.9 Å². The highest BCUT2D eigenvalue weighted by Crippen LogP contribution is 2.19.